The van der Waals surface area contributed by atoms with E-state index >= 15 is 0 Å². The highest BCUT2D eigenvalue weighted by Gasteiger charge is 2.56. The lowest BCUT2D eigenvalue weighted by Crippen LogP contribution is -3.27. The second-order valence-electron chi connectivity index (χ2n) is 6.82. The number of benzene rings is 2. The molecule has 0 bridgehead atoms. The van der Waals surface area contributed by atoms with Crippen molar-refractivity contribution in [3.8, 4) is 5.75 Å². The second-order valence-corrected chi connectivity index (χ2v) is 7.25. The van der Waals surface area contributed by atoms with E-state index < -0.39 is 11.8 Å². The molecule has 4 N–H and O–H groups in total. The van der Waals surface area contributed by atoms with Crippen LogP contribution in [0.2, 0.25) is 5.02 Å². The first-order chi connectivity index (χ1) is 12.4. The molecular formula is C19H20ClN3O3. The van der Waals surface area contributed by atoms with Crippen LogP contribution in [0.15, 0.2) is 42.5 Å². The summed E-state index contributed by atoms with van der Waals surface area (Å²) in [6.07, 6.45) is 1.40. The van der Waals surface area contributed by atoms with E-state index in [0.717, 1.165) is 17.5 Å². The fourth-order valence-corrected chi connectivity index (χ4v) is 4.43. The average molecular weight is 374 g/mol. The molecule has 6 nitrogen and oxygen atoms in total. The maximum atomic E-state index is 14.1. The summed E-state index contributed by atoms with van der Waals surface area (Å²) >= 11 is 5.98. The third-order valence-corrected chi connectivity index (χ3v) is 5.76. The number of hydrogen-bond donors (Lipinski definition) is 3. The number of methoxy groups -OCH3 is 1. The average Bonchev–Trinajstić information content (AvgIpc) is 2.95. The van der Waals surface area contributed by atoms with Crippen molar-refractivity contribution in [1.29, 1.82) is 0 Å². The highest BCUT2D eigenvalue weighted by Crippen LogP contribution is 2.44. The smallest absolute Gasteiger partial charge is 0.431 e. The summed E-state index contributed by atoms with van der Waals surface area (Å²) in [5.41, 5.74) is 9.47. The number of nitrogens with one attached hydrogen (secondary N) is 2. The van der Waals surface area contributed by atoms with E-state index in [2.05, 4.69) is 5.43 Å². The molecule has 1 aliphatic carbocycles. The molecule has 1 saturated heterocycles. The minimum Gasteiger partial charge on any atom is -0.798 e. The summed E-state index contributed by atoms with van der Waals surface area (Å²) in [4.78, 5) is 12.1. The molecule has 2 aromatic carbocycles. The van der Waals surface area contributed by atoms with Gasteiger partial charge in [0.1, 0.15) is 5.75 Å². The molecule has 4 atom stereocenters. The predicted octanol–water partition coefficient (Wildman–Crippen LogP) is 0.647. The monoisotopic (exact) mass is 373 g/mol. The van der Waals surface area contributed by atoms with E-state index in [1.54, 1.807) is 31.4 Å². The number of urea groups is 1. The molecule has 7 heteroatoms. The molecule has 1 aliphatic heterocycles. The highest BCUT2D eigenvalue weighted by molar-refractivity contribution is 6.30. The summed E-state index contributed by atoms with van der Waals surface area (Å²) in [7, 11) is 1.59. The van der Waals surface area contributed by atoms with Gasteiger partial charge in [-0.3, -0.25) is 0 Å². The van der Waals surface area contributed by atoms with Gasteiger partial charge < -0.3 is 15.6 Å². The number of rotatable bonds is 2. The molecule has 1 fully saturated rings. The zero-order valence-corrected chi connectivity index (χ0v) is 15.0. The number of carbonyl (C=O) groups excluding carboxylic acids is 1. The fourth-order valence-electron chi connectivity index (χ4n) is 4.30. The maximum Gasteiger partial charge on any atom is 0.431 e. The number of hydrogen-bond acceptors (Lipinski definition) is 4. The van der Waals surface area contributed by atoms with Crippen LogP contribution in [0.25, 0.3) is 0 Å². The molecule has 0 saturated carbocycles. The van der Waals surface area contributed by atoms with Gasteiger partial charge in [0.25, 0.3) is 0 Å². The standard InChI is InChI=1S/C19H19ClN3O3/c1-26-14-7-9-15-12(10-14)4-8-16-17(11-2-5-13(20)6-3-11)22-23(18(21)24)19(15,16)25/h2-3,5-7,9-10,16-17,22H,4,8H2,1H3,(H2,21,24)/q-1/p+1. The summed E-state index contributed by atoms with van der Waals surface area (Å²) in [6, 6.07) is 11.8. The van der Waals surface area contributed by atoms with E-state index in [1.165, 1.54) is 0 Å². The zero-order valence-electron chi connectivity index (χ0n) is 14.3. The molecule has 0 aromatic heterocycles. The Labute approximate surface area is 156 Å². The number of amides is 2. The Morgan fingerprint density at radius 1 is 1.35 bits per heavy atom. The van der Waals surface area contributed by atoms with Gasteiger partial charge in [0.2, 0.25) is 0 Å². The van der Waals surface area contributed by atoms with E-state index in [0.29, 0.717) is 22.8 Å². The number of ether oxygens (including phenoxy) is 1. The van der Waals surface area contributed by atoms with E-state index in [4.69, 9.17) is 22.1 Å². The topological polar surface area (TPSA) is 91.8 Å². The maximum absolute atomic E-state index is 14.1. The van der Waals surface area contributed by atoms with Crippen molar-refractivity contribution in [2.75, 3.05) is 7.11 Å². The summed E-state index contributed by atoms with van der Waals surface area (Å²) in [5.74, 6) is 0.388. The Kier molecular flexibility index (Phi) is 4.16. The molecule has 4 unspecified atom stereocenters. The lowest BCUT2D eigenvalue weighted by Gasteiger charge is -2.46. The number of quaternary nitrogens is 1. The first-order valence-corrected chi connectivity index (χ1v) is 8.90. The Morgan fingerprint density at radius 3 is 2.73 bits per heavy atom. The Morgan fingerprint density at radius 2 is 2.08 bits per heavy atom. The van der Waals surface area contributed by atoms with E-state index in [-0.39, 0.29) is 17.0 Å². The van der Waals surface area contributed by atoms with Crippen molar-refractivity contribution >= 4 is 17.6 Å². The van der Waals surface area contributed by atoms with Gasteiger partial charge in [0.15, 0.2) is 0 Å². The first kappa shape index (κ1) is 17.3. The Balaban J connectivity index is 1.82. The number of primary amides is 1. The van der Waals surface area contributed by atoms with Crippen molar-refractivity contribution in [3.05, 3.63) is 64.2 Å². The number of aryl methyl sites for hydroxylation is 1. The van der Waals surface area contributed by atoms with Crippen LogP contribution in [-0.4, -0.2) is 13.1 Å². The fraction of sp³-hybridized carbons (Fsp3) is 0.316. The number of carbonyl (C=O) groups is 1. The van der Waals surface area contributed by atoms with Crippen molar-refractivity contribution in [1.82, 2.24) is 5.43 Å². The molecule has 2 aromatic rings. The molecule has 136 valence electrons. The number of halogens is 1. The van der Waals surface area contributed by atoms with Gasteiger partial charge in [-0.05, 0) is 48.2 Å². The molecule has 4 rings (SSSR count). The highest BCUT2D eigenvalue weighted by atomic mass is 35.5. The van der Waals surface area contributed by atoms with Gasteiger partial charge >= 0.3 is 6.03 Å². The molecule has 2 aliphatic rings. The minimum absolute atomic E-state index is 0.0357. The SMILES string of the molecule is COc1ccc2c(c1)CCC1C(c3ccc(Cl)cc3)N[NH+](C(N)=O)C21[O-]. The van der Waals surface area contributed by atoms with E-state index in [1.807, 2.05) is 18.2 Å². The molecule has 26 heavy (non-hydrogen) atoms. The van der Waals surface area contributed by atoms with Crippen LogP contribution in [0, 0.1) is 5.92 Å². The second kappa shape index (κ2) is 6.25. The lowest BCUT2D eigenvalue weighted by atomic mass is 9.73. The quantitative estimate of drug-likeness (QED) is 0.720. The Hall–Kier alpha value is -2.12. The normalized spacial score (nSPS) is 29.7. The van der Waals surface area contributed by atoms with Crippen LogP contribution < -0.4 is 26.0 Å². The number of nitrogens with two attached hydrogens (primary N) is 1. The lowest BCUT2D eigenvalue weighted by molar-refractivity contribution is -1.00. The number of fused-ring (bicyclic) bond motifs is 3. The van der Waals surface area contributed by atoms with Crippen molar-refractivity contribution in [2.45, 2.75) is 24.6 Å². The van der Waals surface area contributed by atoms with Crippen LogP contribution in [0.5, 0.6) is 5.75 Å². The Bertz CT molecular complexity index is 858. The minimum atomic E-state index is -1.68. The summed E-state index contributed by atoms with van der Waals surface area (Å²) < 4.78 is 5.27. The van der Waals surface area contributed by atoms with Gasteiger partial charge in [-0.2, -0.15) is 10.4 Å². The van der Waals surface area contributed by atoms with Crippen LogP contribution in [0.3, 0.4) is 0 Å². The molecule has 1 heterocycles. The largest absolute Gasteiger partial charge is 0.798 e. The van der Waals surface area contributed by atoms with Gasteiger partial charge in [-0.15, -0.1) is 0 Å². The molecule has 2 amide bonds. The summed E-state index contributed by atoms with van der Waals surface area (Å²) in [5, 5.41) is 14.7. The van der Waals surface area contributed by atoms with Crippen LogP contribution in [0.1, 0.15) is 29.2 Å². The van der Waals surface area contributed by atoms with Gasteiger partial charge in [-0.25, -0.2) is 4.79 Å². The first-order valence-electron chi connectivity index (χ1n) is 8.52. The third kappa shape index (κ3) is 2.49. The molecule has 0 radical (unpaired) electrons. The predicted molar refractivity (Wildman–Crippen MR) is 94.4 cm³/mol. The third-order valence-electron chi connectivity index (χ3n) is 5.51. The van der Waals surface area contributed by atoms with Gasteiger partial charge in [0.05, 0.1) is 18.9 Å². The van der Waals surface area contributed by atoms with Crippen molar-refractivity contribution in [2.24, 2.45) is 11.7 Å². The van der Waals surface area contributed by atoms with Crippen LogP contribution in [-0.2, 0) is 12.1 Å². The summed E-state index contributed by atoms with van der Waals surface area (Å²) in [6.45, 7) is 0. The van der Waals surface area contributed by atoms with Crippen molar-refractivity contribution in [3.63, 3.8) is 0 Å². The molecular weight excluding hydrogens is 354 g/mol. The van der Waals surface area contributed by atoms with Crippen LogP contribution in [0.4, 0.5) is 4.79 Å². The molecule has 0 spiro atoms. The van der Waals surface area contributed by atoms with Gasteiger partial charge in [0, 0.05) is 16.5 Å². The zero-order chi connectivity index (χ0) is 18.5. The van der Waals surface area contributed by atoms with Crippen LogP contribution >= 0.6 is 11.6 Å². The van der Waals surface area contributed by atoms with Gasteiger partial charge in [-0.1, -0.05) is 29.8 Å². The van der Waals surface area contributed by atoms with Crippen molar-refractivity contribution < 1.29 is 19.6 Å². The van der Waals surface area contributed by atoms with E-state index in [9.17, 15) is 9.90 Å².